The molecule has 93 heavy (non-hydrogen) atoms. The summed E-state index contributed by atoms with van der Waals surface area (Å²) in [6, 6.07) is 0. The second kappa shape index (κ2) is 67.4. The minimum Gasteiger partial charge on any atom is -0.463 e. The number of carbonyl (C=O) groups is 3. The molecule has 4 N–H and O–H groups in total. The van der Waals surface area contributed by atoms with Gasteiger partial charge in [-0.2, -0.15) is 0 Å². The minimum absolute atomic E-state index is 0.0861. The first-order chi connectivity index (χ1) is 45.2. The highest BCUT2D eigenvalue weighted by Gasteiger charge is 2.29. The molecule has 0 aliphatic heterocycles. The SMILES string of the molecule is CC/C=C\C/C=C\C/C=C\C/C=C\C/C=C\C/C=C\CCCCCCC(=O)OCC(O)COP(=O)(O)OCC(O)COP(=O)(O)OCC(COC(=O)CCCCCCCCC/C=C\C/C=C\C/C=C\CC)OC(=O)CCCCCCCCC/C=C\C/C=C\C/C=C\CC. The van der Waals surface area contributed by atoms with E-state index in [-0.39, 0.29) is 19.3 Å². The lowest BCUT2D eigenvalue weighted by molar-refractivity contribution is -0.161. The third-order valence-corrected chi connectivity index (χ3v) is 15.9. The molecule has 0 saturated carbocycles. The number of rotatable bonds is 65. The zero-order chi connectivity index (χ0) is 68.1. The molecule has 0 spiro atoms. The summed E-state index contributed by atoms with van der Waals surface area (Å²) in [6.45, 7) is 2.27. The van der Waals surface area contributed by atoms with Crippen LogP contribution in [0.3, 0.4) is 0 Å². The fraction of sp³-hybridized carbons (Fsp3) is 0.640. The fourth-order valence-electron chi connectivity index (χ4n) is 8.78. The van der Waals surface area contributed by atoms with Crippen LogP contribution < -0.4 is 0 Å². The summed E-state index contributed by atoms with van der Waals surface area (Å²) in [5.74, 6) is -1.63. The maximum Gasteiger partial charge on any atom is 0.472 e. The van der Waals surface area contributed by atoms with Crippen LogP contribution in [0, 0.1) is 0 Å². The van der Waals surface area contributed by atoms with Gasteiger partial charge in [-0.15, -0.1) is 0 Å². The summed E-state index contributed by atoms with van der Waals surface area (Å²) in [5.41, 5.74) is 0. The summed E-state index contributed by atoms with van der Waals surface area (Å²) in [4.78, 5) is 58.5. The van der Waals surface area contributed by atoms with Crippen LogP contribution in [0.15, 0.2) is 146 Å². The Kier molecular flexibility index (Phi) is 64.1. The number of aliphatic hydroxyl groups is 2. The lowest BCUT2D eigenvalue weighted by atomic mass is 10.1. The highest BCUT2D eigenvalue weighted by molar-refractivity contribution is 7.47. The Morgan fingerprint density at radius 3 is 0.849 bits per heavy atom. The van der Waals surface area contributed by atoms with E-state index >= 15 is 0 Å². The van der Waals surface area contributed by atoms with Gasteiger partial charge in [-0.05, 0) is 135 Å². The van der Waals surface area contributed by atoms with Crippen molar-refractivity contribution in [2.45, 2.75) is 270 Å². The standard InChI is InChI=1S/C75H124O16P2/c1-4-7-10-13-16-19-22-25-28-31-32-33-34-35-36-39-41-43-46-49-52-55-58-61-73(78)85-64-70(76)65-87-92(81,82)88-66-71(77)67-89-93(83,84)90-69-72(91-75(80)63-60-57-54-51-48-45-42-38-30-27-24-21-18-15-12-9-6-3)68-86-74(79)62-59-56-53-50-47-44-40-37-29-26-23-20-17-14-11-8-5-2/h7-12,16-21,25-30,32-33,35-36,41,43,70-72,76-77H,4-6,13-15,22-24,31,34,37-40,42,44-69H2,1-3H3,(H,81,82)(H,83,84)/b10-7-,11-8-,12-9-,19-16-,20-17-,21-18-,28-25-,29-26-,30-27-,33-32-,36-35-,43-41-. The summed E-state index contributed by atoms with van der Waals surface area (Å²) < 4.78 is 60.9. The van der Waals surface area contributed by atoms with Crippen molar-refractivity contribution in [2.24, 2.45) is 0 Å². The van der Waals surface area contributed by atoms with E-state index in [0.29, 0.717) is 19.3 Å². The zero-order valence-corrected chi connectivity index (χ0v) is 59.2. The van der Waals surface area contributed by atoms with Crippen LogP contribution in [0.5, 0.6) is 0 Å². The van der Waals surface area contributed by atoms with Gasteiger partial charge in [0.25, 0.3) is 0 Å². The van der Waals surface area contributed by atoms with Crippen molar-refractivity contribution >= 4 is 33.6 Å². The molecule has 0 aromatic carbocycles. The first kappa shape index (κ1) is 88.4. The lowest BCUT2D eigenvalue weighted by Crippen LogP contribution is -2.30. The molecular formula is C75H124O16P2. The van der Waals surface area contributed by atoms with Crippen molar-refractivity contribution in [3.63, 3.8) is 0 Å². The van der Waals surface area contributed by atoms with E-state index in [4.69, 9.17) is 32.3 Å². The van der Waals surface area contributed by atoms with Crippen molar-refractivity contribution in [3.8, 4) is 0 Å². The van der Waals surface area contributed by atoms with Crippen LogP contribution in [-0.4, -0.2) is 95.9 Å². The number of carbonyl (C=O) groups excluding carboxylic acids is 3. The monoisotopic (exact) mass is 1340 g/mol. The van der Waals surface area contributed by atoms with Gasteiger partial charge in [0.1, 0.15) is 25.4 Å². The molecule has 0 aromatic rings. The quantitative estimate of drug-likeness (QED) is 0.0146. The van der Waals surface area contributed by atoms with Crippen molar-refractivity contribution < 1.29 is 75.8 Å². The molecule has 16 nitrogen and oxygen atoms in total. The molecular weight excluding hydrogens is 1220 g/mol. The second-order valence-electron chi connectivity index (χ2n) is 22.9. The molecule has 0 fully saturated rings. The molecule has 0 bridgehead atoms. The molecule has 0 aliphatic rings. The molecule has 0 aliphatic carbocycles. The van der Waals surface area contributed by atoms with Gasteiger partial charge >= 0.3 is 33.6 Å². The molecule has 0 aromatic heterocycles. The van der Waals surface area contributed by atoms with E-state index in [1.54, 1.807) is 0 Å². The first-order valence-corrected chi connectivity index (χ1v) is 38.1. The van der Waals surface area contributed by atoms with E-state index in [2.05, 4.69) is 167 Å². The molecule has 530 valence electrons. The summed E-state index contributed by atoms with van der Waals surface area (Å²) >= 11 is 0. The summed E-state index contributed by atoms with van der Waals surface area (Å²) in [6.07, 6.45) is 80.3. The number of esters is 3. The number of unbranched alkanes of at least 4 members (excludes halogenated alkanes) is 18. The minimum atomic E-state index is -4.94. The van der Waals surface area contributed by atoms with Gasteiger partial charge in [0.2, 0.25) is 0 Å². The highest BCUT2D eigenvalue weighted by atomic mass is 31.2. The topological polar surface area (TPSA) is 231 Å². The van der Waals surface area contributed by atoms with Crippen LogP contribution in [0.1, 0.15) is 252 Å². The Balaban J connectivity index is 4.70. The average Bonchev–Trinajstić information content (AvgIpc) is 3.73. The van der Waals surface area contributed by atoms with Gasteiger partial charge in [-0.3, -0.25) is 32.5 Å². The predicted molar refractivity (Wildman–Crippen MR) is 380 cm³/mol. The predicted octanol–water partition coefficient (Wildman–Crippen LogP) is 19.8. The maximum absolute atomic E-state index is 12.9. The summed E-state index contributed by atoms with van der Waals surface area (Å²) in [7, 11) is -9.80. The number of hydrogen-bond donors (Lipinski definition) is 4. The smallest absolute Gasteiger partial charge is 0.463 e. The Hall–Kier alpha value is -4.57. The number of ether oxygens (including phenoxy) is 3. The second-order valence-corrected chi connectivity index (χ2v) is 25.8. The van der Waals surface area contributed by atoms with E-state index in [1.165, 1.54) is 0 Å². The van der Waals surface area contributed by atoms with Gasteiger partial charge in [0.05, 0.1) is 26.4 Å². The van der Waals surface area contributed by atoms with Crippen molar-refractivity contribution in [1.82, 2.24) is 0 Å². The average molecular weight is 1340 g/mol. The van der Waals surface area contributed by atoms with Crippen molar-refractivity contribution in [2.75, 3.05) is 39.6 Å². The van der Waals surface area contributed by atoms with Gasteiger partial charge in [-0.1, -0.05) is 244 Å². The van der Waals surface area contributed by atoms with E-state index in [0.717, 1.165) is 193 Å². The van der Waals surface area contributed by atoms with Crippen LogP contribution in [0.2, 0.25) is 0 Å². The molecule has 18 heteroatoms. The largest absolute Gasteiger partial charge is 0.472 e. The normalized spacial score (nSPS) is 15.0. The van der Waals surface area contributed by atoms with E-state index < -0.39 is 91.5 Å². The Bertz CT molecular complexity index is 2280. The third-order valence-electron chi connectivity index (χ3n) is 14.0. The molecule has 0 saturated heterocycles. The lowest BCUT2D eigenvalue weighted by Gasteiger charge is -2.21. The van der Waals surface area contributed by atoms with Gasteiger partial charge in [0, 0.05) is 19.3 Å². The Labute approximate surface area is 562 Å². The third kappa shape index (κ3) is 68.6. The van der Waals surface area contributed by atoms with E-state index in [9.17, 15) is 43.5 Å². The maximum atomic E-state index is 12.9. The number of hydrogen-bond acceptors (Lipinski definition) is 14. The number of allylic oxidation sites excluding steroid dienone is 24. The van der Waals surface area contributed by atoms with Gasteiger partial charge in [-0.25, -0.2) is 9.13 Å². The van der Waals surface area contributed by atoms with Crippen LogP contribution in [0.4, 0.5) is 0 Å². The zero-order valence-electron chi connectivity index (χ0n) is 57.4. The summed E-state index contributed by atoms with van der Waals surface area (Å²) in [5, 5.41) is 20.6. The van der Waals surface area contributed by atoms with Gasteiger partial charge in [0.15, 0.2) is 6.10 Å². The molecule has 0 radical (unpaired) electrons. The van der Waals surface area contributed by atoms with Crippen molar-refractivity contribution in [1.29, 1.82) is 0 Å². The van der Waals surface area contributed by atoms with Crippen LogP contribution in [-0.2, 0) is 55.8 Å². The Morgan fingerprint density at radius 2 is 0.538 bits per heavy atom. The molecule has 0 heterocycles. The van der Waals surface area contributed by atoms with Crippen LogP contribution >= 0.6 is 15.6 Å². The number of phosphoric acid groups is 2. The van der Waals surface area contributed by atoms with E-state index in [1.807, 2.05) is 0 Å². The first-order valence-electron chi connectivity index (χ1n) is 35.1. The number of phosphoric ester groups is 2. The molecule has 5 unspecified atom stereocenters. The molecule has 0 rings (SSSR count). The molecule has 0 amide bonds. The fourth-order valence-corrected chi connectivity index (χ4v) is 10.4. The highest BCUT2D eigenvalue weighted by Crippen LogP contribution is 2.45. The Morgan fingerprint density at radius 1 is 0.301 bits per heavy atom. The van der Waals surface area contributed by atoms with Gasteiger partial charge < -0.3 is 34.2 Å². The van der Waals surface area contributed by atoms with Crippen LogP contribution in [0.25, 0.3) is 0 Å². The number of aliphatic hydroxyl groups excluding tert-OH is 2. The van der Waals surface area contributed by atoms with Crippen molar-refractivity contribution in [3.05, 3.63) is 146 Å². The molecule has 5 atom stereocenters.